The summed E-state index contributed by atoms with van der Waals surface area (Å²) in [6, 6.07) is 0. The van der Waals surface area contributed by atoms with E-state index in [-0.39, 0.29) is 0 Å². The van der Waals surface area contributed by atoms with E-state index >= 15 is 0 Å². The predicted octanol–water partition coefficient (Wildman–Crippen LogP) is 0.941. The maximum absolute atomic E-state index is 12.0. The lowest BCUT2D eigenvalue weighted by Gasteiger charge is -2.19. The van der Waals surface area contributed by atoms with Crippen LogP contribution in [0.1, 0.15) is 20.3 Å². The zero-order chi connectivity index (χ0) is 13.4. The van der Waals surface area contributed by atoms with E-state index in [2.05, 4.69) is 0 Å². The number of aliphatic hydroxyl groups is 1. The van der Waals surface area contributed by atoms with Gasteiger partial charge in [-0.3, -0.25) is 14.5 Å². The summed E-state index contributed by atoms with van der Waals surface area (Å²) in [5.74, 6) is -2.13. The average Bonchev–Trinajstić information content (AvgIpc) is 2.33. The van der Waals surface area contributed by atoms with E-state index in [1.54, 1.807) is 13.8 Å². The number of amides is 2. The van der Waals surface area contributed by atoms with Crippen molar-refractivity contribution >= 4 is 11.8 Å². The van der Waals surface area contributed by atoms with Crippen molar-refractivity contribution in [2.45, 2.75) is 32.5 Å². The van der Waals surface area contributed by atoms with Gasteiger partial charge in [-0.2, -0.15) is 13.2 Å². The fraction of sp³-hybridized carbons (Fsp3) is 0.800. The molecule has 2 amide bonds. The molecule has 0 spiro atoms. The molecule has 98 valence electrons. The molecule has 1 aliphatic rings. The maximum atomic E-state index is 12.0. The van der Waals surface area contributed by atoms with Crippen molar-refractivity contribution in [3.8, 4) is 0 Å². The number of imide groups is 1. The maximum Gasteiger partial charge on any atom is 0.391 e. The molecular formula is C10H14F3NO3. The van der Waals surface area contributed by atoms with Crippen molar-refractivity contribution in [3.63, 3.8) is 0 Å². The van der Waals surface area contributed by atoms with E-state index < -0.39 is 48.9 Å². The first-order chi connectivity index (χ1) is 7.63. The Morgan fingerprint density at radius 1 is 1.24 bits per heavy atom. The van der Waals surface area contributed by atoms with Crippen LogP contribution in [0.3, 0.4) is 0 Å². The SMILES string of the molecule is CC1C(=O)N(CC(O)CC(F)(F)F)C(=O)C1C. The lowest BCUT2D eigenvalue weighted by Crippen LogP contribution is -2.39. The van der Waals surface area contributed by atoms with Crippen molar-refractivity contribution in [2.75, 3.05) is 6.54 Å². The summed E-state index contributed by atoms with van der Waals surface area (Å²) >= 11 is 0. The first-order valence-electron chi connectivity index (χ1n) is 5.23. The number of aliphatic hydroxyl groups excluding tert-OH is 1. The molecule has 0 aliphatic carbocycles. The molecule has 0 bridgehead atoms. The Morgan fingerprint density at radius 2 is 1.65 bits per heavy atom. The number of rotatable bonds is 3. The van der Waals surface area contributed by atoms with Gasteiger partial charge < -0.3 is 5.11 Å². The Labute approximate surface area is 96.4 Å². The van der Waals surface area contributed by atoms with Gasteiger partial charge in [-0.1, -0.05) is 13.8 Å². The molecule has 1 N–H and O–H groups in total. The molecule has 0 aromatic rings. The number of carbonyl (C=O) groups is 2. The molecule has 1 rings (SSSR count). The summed E-state index contributed by atoms with van der Waals surface area (Å²) < 4.78 is 35.9. The summed E-state index contributed by atoms with van der Waals surface area (Å²) in [5, 5.41) is 9.19. The number of β-amino-alcohol motifs (C(OH)–C–C–N with tert-alkyl or cyclic N) is 1. The minimum absolute atomic E-state index is 0.524. The number of halogens is 3. The van der Waals surface area contributed by atoms with Crippen molar-refractivity contribution < 1.29 is 27.9 Å². The standard InChI is InChI=1S/C10H14F3NO3/c1-5-6(2)9(17)14(8(5)16)4-7(15)3-10(11,12)13/h5-7,15H,3-4H2,1-2H3. The second-order valence-corrected chi connectivity index (χ2v) is 4.34. The average molecular weight is 253 g/mol. The zero-order valence-electron chi connectivity index (χ0n) is 9.49. The Morgan fingerprint density at radius 3 is 2.00 bits per heavy atom. The summed E-state index contributed by atoms with van der Waals surface area (Å²) in [6.45, 7) is 2.49. The number of likely N-dealkylation sites (tertiary alicyclic amines) is 1. The van der Waals surface area contributed by atoms with Gasteiger partial charge in [0.05, 0.1) is 19.1 Å². The van der Waals surface area contributed by atoms with Crippen LogP contribution in [0.5, 0.6) is 0 Å². The van der Waals surface area contributed by atoms with E-state index in [4.69, 9.17) is 0 Å². The smallest absolute Gasteiger partial charge is 0.391 e. The number of hydrogen-bond donors (Lipinski definition) is 1. The van der Waals surface area contributed by atoms with Crippen molar-refractivity contribution in [1.82, 2.24) is 4.90 Å². The van der Waals surface area contributed by atoms with Gasteiger partial charge >= 0.3 is 6.18 Å². The third-order valence-electron chi connectivity index (χ3n) is 2.92. The van der Waals surface area contributed by atoms with Gasteiger partial charge in [-0.05, 0) is 0 Å². The molecule has 0 aromatic heterocycles. The number of hydrogen-bond acceptors (Lipinski definition) is 3. The van der Waals surface area contributed by atoms with Gasteiger partial charge in [0, 0.05) is 11.8 Å². The third kappa shape index (κ3) is 3.18. The van der Waals surface area contributed by atoms with Crippen molar-refractivity contribution in [2.24, 2.45) is 11.8 Å². The highest BCUT2D eigenvalue weighted by Gasteiger charge is 2.43. The number of nitrogens with zero attached hydrogens (tertiary/aromatic N) is 1. The van der Waals surface area contributed by atoms with E-state index in [1.165, 1.54) is 0 Å². The highest BCUT2D eigenvalue weighted by Crippen LogP contribution is 2.27. The van der Waals surface area contributed by atoms with E-state index in [9.17, 15) is 27.9 Å². The lowest BCUT2D eigenvalue weighted by molar-refractivity contribution is -0.160. The lowest BCUT2D eigenvalue weighted by atomic mass is 10.00. The molecule has 3 atom stereocenters. The first kappa shape index (κ1) is 14.0. The summed E-state index contributed by atoms with van der Waals surface area (Å²) in [7, 11) is 0. The predicted molar refractivity (Wildman–Crippen MR) is 51.7 cm³/mol. The monoisotopic (exact) mass is 253 g/mol. The van der Waals surface area contributed by atoms with Crippen LogP contribution in [0.2, 0.25) is 0 Å². The largest absolute Gasteiger partial charge is 0.391 e. The Kier molecular flexibility index (Phi) is 3.81. The van der Waals surface area contributed by atoms with Crippen LogP contribution in [0.4, 0.5) is 13.2 Å². The van der Waals surface area contributed by atoms with Crippen LogP contribution >= 0.6 is 0 Å². The van der Waals surface area contributed by atoms with Crippen LogP contribution in [-0.2, 0) is 9.59 Å². The Balaban J connectivity index is 2.63. The molecule has 1 saturated heterocycles. The van der Waals surface area contributed by atoms with Gasteiger partial charge in [0.15, 0.2) is 0 Å². The highest BCUT2D eigenvalue weighted by atomic mass is 19.4. The molecule has 1 aliphatic heterocycles. The highest BCUT2D eigenvalue weighted by molar-refractivity contribution is 6.04. The molecule has 0 saturated carbocycles. The summed E-state index contributed by atoms with van der Waals surface area (Å²) in [5.41, 5.74) is 0. The Bertz CT molecular complexity index is 309. The molecule has 17 heavy (non-hydrogen) atoms. The quantitative estimate of drug-likeness (QED) is 0.761. The van der Waals surface area contributed by atoms with Gasteiger partial charge in [0.2, 0.25) is 11.8 Å². The van der Waals surface area contributed by atoms with Crippen LogP contribution in [0, 0.1) is 11.8 Å². The number of carbonyl (C=O) groups excluding carboxylic acids is 2. The van der Waals surface area contributed by atoms with Crippen LogP contribution in [0.25, 0.3) is 0 Å². The van der Waals surface area contributed by atoms with Gasteiger partial charge in [-0.25, -0.2) is 0 Å². The molecule has 4 nitrogen and oxygen atoms in total. The van der Waals surface area contributed by atoms with Gasteiger partial charge in [0.25, 0.3) is 0 Å². The summed E-state index contributed by atoms with van der Waals surface area (Å²) in [4.78, 5) is 23.8. The van der Waals surface area contributed by atoms with E-state index in [0.29, 0.717) is 4.90 Å². The Hall–Kier alpha value is -1.11. The van der Waals surface area contributed by atoms with Gasteiger partial charge in [0.1, 0.15) is 0 Å². The normalized spacial score (nSPS) is 27.8. The molecule has 7 heteroatoms. The fourth-order valence-corrected chi connectivity index (χ4v) is 1.75. The van der Waals surface area contributed by atoms with Crippen LogP contribution < -0.4 is 0 Å². The number of alkyl halides is 3. The molecule has 0 radical (unpaired) electrons. The van der Waals surface area contributed by atoms with Crippen molar-refractivity contribution in [1.29, 1.82) is 0 Å². The van der Waals surface area contributed by atoms with E-state index in [1.807, 2.05) is 0 Å². The molecular weight excluding hydrogens is 239 g/mol. The second-order valence-electron chi connectivity index (χ2n) is 4.34. The zero-order valence-corrected chi connectivity index (χ0v) is 9.49. The van der Waals surface area contributed by atoms with Gasteiger partial charge in [-0.15, -0.1) is 0 Å². The minimum Gasteiger partial charge on any atom is -0.391 e. The van der Waals surface area contributed by atoms with Crippen LogP contribution in [0.15, 0.2) is 0 Å². The summed E-state index contributed by atoms with van der Waals surface area (Å²) in [6.07, 6.45) is -7.70. The third-order valence-corrected chi connectivity index (χ3v) is 2.92. The molecule has 1 heterocycles. The molecule has 3 unspecified atom stereocenters. The molecule has 1 fully saturated rings. The van der Waals surface area contributed by atoms with Crippen LogP contribution in [-0.4, -0.2) is 40.6 Å². The van der Waals surface area contributed by atoms with E-state index in [0.717, 1.165) is 0 Å². The minimum atomic E-state index is -4.51. The van der Waals surface area contributed by atoms with Crippen molar-refractivity contribution in [3.05, 3.63) is 0 Å². The topological polar surface area (TPSA) is 57.6 Å². The molecule has 0 aromatic carbocycles. The second kappa shape index (κ2) is 4.64. The first-order valence-corrected chi connectivity index (χ1v) is 5.23. The fourth-order valence-electron chi connectivity index (χ4n) is 1.75.